The summed E-state index contributed by atoms with van der Waals surface area (Å²) in [5.41, 5.74) is 2.53. The number of hydrogen-bond acceptors (Lipinski definition) is 3. The van der Waals surface area contributed by atoms with Crippen LogP contribution in [0.25, 0.3) is 0 Å². The number of halogens is 1. The van der Waals surface area contributed by atoms with Crippen LogP contribution >= 0.6 is 0 Å². The second-order valence-electron chi connectivity index (χ2n) is 6.95. The van der Waals surface area contributed by atoms with Gasteiger partial charge in [0, 0.05) is 32.7 Å². The Balaban J connectivity index is 1.66. The summed E-state index contributed by atoms with van der Waals surface area (Å²) in [5.74, 6) is -0.605. The normalized spacial score (nSPS) is 13.7. The molecule has 0 spiro atoms. The molecule has 2 aromatic rings. The van der Waals surface area contributed by atoms with Crippen LogP contribution in [0.3, 0.4) is 0 Å². The average Bonchev–Trinajstić information content (AvgIpc) is 2.91. The number of hydrogen-bond donors (Lipinski definition) is 1. The third-order valence-corrected chi connectivity index (χ3v) is 4.57. The molecule has 8 heteroatoms. The van der Waals surface area contributed by atoms with Crippen molar-refractivity contribution in [3.8, 4) is 0 Å². The summed E-state index contributed by atoms with van der Waals surface area (Å²) in [5, 5.41) is 7.35. The zero-order valence-electron chi connectivity index (χ0n) is 15.8. The van der Waals surface area contributed by atoms with Gasteiger partial charge in [0.05, 0.1) is 24.5 Å². The lowest BCUT2D eigenvalue weighted by Crippen LogP contribution is -2.38. The molecule has 0 bridgehead atoms. The van der Waals surface area contributed by atoms with E-state index in [1.165, 1.54) is 18.2 Å². The summed E-state index contributed by atoms with van der Waals surface area (Å²) in [6.07, 6.45) is 0.828. The smallest absolute Gasteiger partial charge is 0.319 e. The molecule has 1 aromatic carbocycles. The molecular weight excluding hydrogens is 349 g/mol. The van der Waals surface area contributed by atoms with Crippen molar-refractivity contribution < 1.29 is 14.0 Å². The summed E-state index contributed by atoms with van der Waals surface area (Å²) in [6, 6.07) is 6.17. The zero-order chi connectivity index (χ0) is 19.6. The molecule has 2 heterocycles. The van der Waals surface area contributed by atoms with E-state index in [9.17, 15) is 14.0 Å². The molecule has 1 aliphatic rings. The van der Waals surface area contributed by atoms with Crippen LogP contribution in [0.1, 0.15) is 33.7 Å². The molecule has 0 saturated carbocycles. The van der Waals surface area contributed by atoms with Gasteiger partial charge in [-0.3, -0.25) is 9.48 Å². The van der Waals surface area contributed by atoms with Gasteiger partial charge in [-0.05, 0) is 43.2 Å². The quantitative estimate of drug-likeness (QED) is 0.896. The minimum absolute atomic E-state index is 0.0221. The first-order valence-corrected chi connectivity index (χ1v) is 8.91. The number of carbonyl (C=O) groups is 2. The molecule has 0 fully saturated rings. The molecule has 3 amide bonds. The van der Waals surface area contributed by atoms with Gasteiger partial charge in [-0.2, -0.15) is 5.10 Å². The van der Waals surface area contributed by atoms with Crippen molar-refractivity contribution in [3.63, 3.8) is 0 Å². The lowest BCUT2D eigenvalue weighted by atomic mass is 10.1. The topological polar surface area (TPSA) is 70.5 Å². The fourth-order valence-electron chi connectivity index (χ4n) is 3.11. The molecular formula is C19H24FN5O2. The summed E-state index contributed by atoms with van der Waals surface area (Å²) < 4.78 is 15.2. The maximum atomic E-state index is 13.3. The lowest BCUT2D eigenvalue weighted by Gasteiger charge is -2.23. The van der Waals surface area contributed by atoms with E-state index in [1.807, 2.05) is 10.7 Å². The van der Waals surface area contributed by atoms with Gasteiger partial charge >= 0.3 is 6.03 Å². The van der Waals surface area contributed by atoms with Crippen molar-refractivity contribution in [1.82, 2.24) is 24.9 Å². The molecule has 3 rings (SSSR count). The van der Waals surface area contributed by atoms with Gasteiger partial charge in [-0.1, -0.05) is 0 Å². The number of nitrogens with zero attached hydrogens (tertiary/aromatic N) is 4. The van der Waals surface area contributed by atoms with E-state index in [2.05, 4.69) is 10.4 Å². The lowest BCUT2D eigenvalue weighted by molar-refractivity contribution is 0.0950. The van der Waals surface area contributed by atoms with E-state index < -0.39 is 0 Å². The van der Waals surface area contributed by atoms with Crippen LogP contribution in [0.15, 0.2) is 24.3 Å². The third-order valence-electron chi connectivity index (χ3n) is 4.57. The number of nitrogens with one attached hydrogen (secondary N) is 1. The van der Waals surface area contributed by atoms with Gasteiger partial charge in [0.15, 0.2) is 0 Å². The standard InChI is InChI=1S/C19H24FN5O2/c1-13-9-14(5-6-17(13)20)18(26)21-11-15-10-16-12-24(19(27)23(2)3)7-4-8-25(16)22-15/h5-6,9-10H,4,7-8,11-12H2,1-3H3,(H,21,26). The Hall–Kier alpha value is -2.90. The fourth-order valence-corrected chi connectivity index (χ4v) is 3.11. The SMILES string of the molecule is Cc1cc(C(=O)NCc2cc3n(n2)CCCN(C(=O)N(C)C)C3)ccc1F. The zero-order valence-corrected chi connectivity index (χ0v) is 15.8. The number of amides is 3. The largest absolute Gasteiger partial charge is 0.346 e. The number of urea groups is 1. The van der Waals surface area contributed by atoms with Crippen LogP contribution in [0.4, 0.5) is 9.18 Å². The molecule has 0 saturated heterocycles. The van der Waals surface area contributed by atoms with Gasteiger partial charge in [0.1, 0.15) is 5.82 Å². The Labute approximate surface area is 157 Å². The Morgan fingerprint density at radius 2 is 2.04 bits per heavy atom. The van der Waals surface area contributed by atoms with Crippen molar-refractivity contribution in [2.75, 3.05) is 20.6 Å². The van der Waals surface area contributed by atoms with E-state index >= 15 is 0 Å². The fraction of sp³-hybridized carbons (Fsp3) is 0.421. The molecule has 1 aliphatic heterocycles. The van der Waals surface area contributed by atoms with Gasteiger partial charge in [-0.15, -0.1) is 0 Å². The average molecular weight is 373 g/mol. The summed E-state index contributed by atoms with van der Waals surface area (Å²) in [4.78, 5) is 27.9. The maximum absolute atomic E-state index is 13.3. The number of benzene rings is 1. The van der Waals surface area contributed by atoms with Crippen molar-refractivity contribution in [3.05, 3.63) is 52.6 Å². The predicted molar refractivity (Wildman–Crippen MR) is 98.6 cm³/mol. The molecule has 27 heavy (non-hydrogen) atoms. The predicted octanol–water partition coefficient (Wildman–Crippen LogP) is 2.15. The highest BCUT2D eigenvalue weighted by Gasteiger charge is 2.21. The van der Waals surface area contributed by atoms with E-state index in [-0.39, 0.29) is 24.3 Å². The molecule has 0 unspecified atom stereocenters. The molecule has 1 aromatic heterocycles. The van der Waals surface area contributed by atoms with Crippen molar-refractivity contribution >= 4 is 11.9 Å². The molecule has 1 N–H and O–H groups in total. The molecule has 0 aliphatic carbocycles. The van der Waals surface area contributed by atoms with Crippen LogP contribution in [0.5, 0.6) is 0 Å². The Bertz CT molecular complexity index is 862. The number of aryl methyl sites for hydroxylation is 2. The highest BCUT2D eigenvalue weighted by Crippen LogP contribution is 2.15. The van der Waals surface area contributed by atoms with Crippen LogP contribution in [-0.4, -0.2) is 52.2 Å². The van der Waals surface area contributed by atoms with E-state index in [0.717, 1.165) is 24.4 Å². The van der Waals surface area contributed by atoms with Gasteiger partial charge in [0.2, 0.25) is 0 Å². The first kappa shape index (κ1) is 18.9. The Morgan fingerprint density at radius 1 is 1.26 bits per heavy atom. The molecule has 0 radical (unpaired) electrons. The molecule has 0 atom stereocenters. The van der Waals surface area contributed by atoms with Gasteiger partial charge in [0.25, 0.3) is 5.91 Å². The maximum Gasteiger partial charge on any atom is 0.319 e. The van der Waals surface area contributed by atoms with Gasteiger partial charge < -0.3 is 15.1 Å². The summed E-state index contributed by atoms with van der Waals surface area (Å²) >= 11 is 0. The summed E-state index contributed by atoms with van der Waals surface area (Å²) in [7, 11) is 3.48. The summed E-state index contributed by atoms with van der Waals surface area (Å²) in [6.45, 7) is 3.82. The van der Waals surface area contributed by atoms with Gasteiger partial charge in [-0.25, -0.2) is 9.18 Å². The Kier molecular flexibility index (Phi) is 5.43. The minimum atomic E-state index is -0.332. The van der Waals surface area contributed by atoms with Crippen LogP contribution < -0.4 is 5.32 Å². The second kappa shape index (κ2) is 7.77. The van der Waals surface area contributed by atoms with E-state index in [1.54, 1.807) is 30.8 Å². The number of fused-ring (bicyclic) bond motifs is 1. The number of carbonyl (C=O) groups excluding carboxylic acids is 2. The third kappa shape index (κ3) is 4.27. The van der Waals surface area contributed by atoms with Crippen LogP contribution in [-0.2, 0) is 19.6 Å². The van der Waals surface area contributed by atoms with Crippen molar-refractivity contribution in [2.45, 2.75) is 33.0 Å². The second-order valence-corrected chi connectivity index (χ2v) is 6.95. The van der Waals surface area contributed by atoms with E-state index in [4.69, 9.17) is 0 Å². The molecule has 144 valence electrons. The van der Waals surface area contributed by atoms with E-state index in [0.29, 0.717) is 24.2 Å². The highest BCUT2D eigenvalue weighted by molar-refractivity contribution is 5.94. The number of aromatic nitrogens is 2. The first-order chi connectivity index (χ1) is 12.8. The first-order valence-electron chi connectivity index (χ1n) is 8.91. The van der Waals surface area contributed by atoms with Crippen LogP contribution in [0.2, 0.25) is 0 Å². The Morgan fingerprint density at radius 3 is 2.74 bits per heavy atom. The van der Waals surface area contributed by atoms with Crippen molar-refractivity contribution in [2.24, 2.45) is 0 Å². The monoisotopic (exact) mass is 373 g/mol. The number of rotatable bonds is 3. The molecule has 7 nitrogen and oxygen atoms in total. The van der Waals surface area contributed by atoms with Crippen LogP contribution in [0, 0.1) is 12.7 Å². The van der Waals surface area contributed by atoms with Crippen molar-refractivity contribution in [1.29, 1.82) is 0 Å². The highest BCUT2D eigenvalue weighted by atomic mass is 19.1. The minimum Gasteiger partial charge on any atom is -0.346 e.